The smallest absolute Gasteiger partial charge is 0.298 e. The predicted octanol–water partition coefficient (Wildman–Crippen LogP) is 1.28. The molecule has 0 spiro atoms. The molecule has 64 valence electrons. The SMILES string of the molecule is O=CC1=CCC(Cl)([N+](=O)[O-])C=C1. The highest BCUT2D eigenvalue weighted by molar-refractivity contribution is 6.24. The number of allylic oxidation sites excluding steroid dienone is 2. The molecule has 0 aromatic heterocycles. The van der Waals surface area contributed by atoms with E-state index in [0.29, 0.717) is 11.9 Å². The van der Waals surface area contributed by atoms with Gasteiger partial charge in [0.2, 0.25) is 0 Å². The van der Waals surface area contributed by atoms with E-state index in [1.165, 1.54) is 18.2 Å². The molecule has 0 heterocycles. The lowest BCUT2D eigenvalue weighted by atomic mass is 10.0. The maximum Gasteiger partial charge on any atom is 0.317 e. The number of aldehydes is 1. The molecule has 0 saturated heterocycles. The Hall–Kier alpha value is -1.16. The molecule has 1 atom stereocenters. The first-order chi connectivity index (χ1) is 5.58. The highest BCUT2D eigenvalue weighted by Gasteiger charge is 2.37. The molecule has 0 bridgehead atoms. The minimum absolute atomic E-state index is 0.0477. The summed E-state index contributed by atoms with van der Waals surface area (Å²) in [5, 5.41) is 10.4. The molecule has 1 aliphatic rings. The largest absolute Gasteiger partial charge is 0.317 e. The lowest BCUT2D eigenvalue weighted by Crippen LogP contribution is -2.30. The van der Waals surface area contributed by atoms with Crippen molar-refractivity contribution < 1.29 is 9.72 Å². The van der Waals surface area contributed by atoms with Crippen LogP contribution in [-0.4, -0.2) is 16.2 Å². The van der Waals surface area contributed by atoms with Crippen LogP contribution in [0, 0.1) is 10.1 Å². The molecular formula is C7H6ClNO3. The molecule has 0 aliphatic heterocycles. The van der Waals surface area contributed by atoms with Crippen molar-refractivity contribution in [2.75, 3.05) is 0 Å². The summed E-state index contributed by atoms with van der Waals surface area (Å²) in [5.41, 5.74) is 0.424. The van der Waals surface area contributed by atoms with Gasteiger partial charge in [-0.05, 0) is 17.7 Å². The highest BCUT2D eigenvalue weighted by Crippen LogP contribution is 2.27. The number of nitrogens with zero attached hydrogens (tertiary/aromatic N) is 1. The molecule has 5 heteroatoms. The van der Waals surface area contributed by atoms with Crippen molar-refractivity contribution in [3.8, 4) is 0 Å². The summed E-state index contributed by atoms with van der Waals surface area (Å²) in [6, 6.07) is 0. The quantitative estimate of drug-likeness (QED) is 0.215. The van der Waals surface area contributed by atoms with E-state index in [1.807, 2.05) is 0 Å². The Morgan fingerprint density at radius 2 is 2.42 bits per heavy atom. The number of hydrogen-bond donors (Lipinski definition) is 0. The lowest BCUT2D eigenvalue weighted by Gasteiger charge is -2.14. The Morgan fingerprint density at radius 3 is 2.75 bits per heavy atom. The highest BCUT2D eigenvalue weighted by atomic mass is 35.5. The zero-order valence-electron chi connectivity index (χ0n) is 6.07. The van der Waals surface area contributed by atoms with Gasteiger partial charge in [-0.3, -0.25) is 14.9 Å². The molecule has 0 aromatic carbocycles. The van der Waals surface area contributed by atoms with Gasteiger partial charge in [-0.15, -0.1) is 0 Å². The first-order valence-corrected chi connectivity index (χ1v) is 3.64. The molecular weight excluding hydrogens is 182 g/mol. The summed E-state index contributed by atoms with van der Waals surface area (Å²) in [4.78, 5) is 18.4. The predicted molar refractivity (Wildman–Crippen MR) is 43.5 cm³/mol. The summed E-state index contributed by atoms with van der Waals surface area (Å²) in [6.07, 6.45) is 4.70. The van der Waals surface area contributed by atoms with Gasteiger partial charge >= 0.3 is 5.00 Å². The Balaban J connectivity index is 2.83. The fraction of sp³-hybridized carbons (Fsp3) is 0.286. The second-order valence-electron chi connectivity index (χ2n) is 2.44. The zero-order chi connectivity index (χ0) is 9.19. The molecule has 0 saturated carbocycles. The van der Waals surface area contributed by atoms with Gasteiger partial charge in [0.05, 0.1) is 6.42 Å². The summed E-state index contributed by atoms with van der Waals surface area (Å²) in [6.45, 7) is 0. The average Bonchev–Trinajstić information content (AvgIpc) is 2.06. The average molecular weight is 188 g/mol. The summed E-state index contributed by atoms with van der Waals surface area (Å²) >= 11 is 5.59. The third-order valence-corrected chi connectivity index (χ3v) is 2.01. The number of carbonyl (C=O) groups excluding carboxylic acids is 1. The number of rotatable bonds is 2. The van der Waals surface area contributed by atoms with E-state index < -0.39 is 9.92 Å². The van der Waals surface area contributed by atoms with Crippen molar-refractivity contribution >= 4 is 17.9 Å². The second-order valence-corrected chi connectivity index (χ2v) is 3.09. The van der Waals surface area contributed by atoms with Gasteiger partial charge in [0, 0.05) is 16.6 Å². The van der Waals surface area contributed by atoms with Crippen LogP contribution in [0.4, 0.5) is 0 Å². The van der Waals surface area contributed by atoms with Gasteiger partial charge in [0.1, 0.15) is 6.29 Å². The van der Waals surface area contributed by atoms with Gasteiger partial charge in [-0.2, -0.15) is 0 Å². The van der Waals surface area contributed by atoms with Crippen LogP contribution >= 0.6 is 11.6 Å². The van der Waals surface area contributed by atoms with Crippen molar-refractivity contribution in [3.63, 3.8) is 0 Å². The first-order valence-electron chi connectivity index (χ1n) is 3.26. The topological polar surface area (TPSA) is 60.2 Å². The molecule has 0 N–H and O–H groups in total. The van der Waals surface area contributed by atoms with E-state index in [0.717, 1.165) is 0 Å². The molecule has 0 radical (unpaired) electrons. The zero-order valence-corrected chi connectivity index (χ0v) is 6.82. The molecule has 0 aromatic rings. The molecule has 1 aliphatic carbocycles. The third-order valence-electron chi connectivity index (χ3n) is 1.59. The van der Waals surface area contributed by atoms with E-state index >= 15 is 0 Å². The van der Waals surface area contributed by atoms with Crippen molar-refractivity contribution in [3.05, 3.63) is 33.9 Å². The second kappa shape index (κ2) is 3.06. The molecule has 12 heavy (non-hydrogen) atoms. The number of carbonyl (C=O) groups is 1. The molecule has 0 amide bonds. The van der Waals surface area contributed by atoms with Crippen molar-refractivity contribution in [2.24, 2.45) is 0 Å². The van der Waals surface area contributed by atoms with Crippen LogP contribution in [0.2, 0.25) is 0 Å². The van der Waals surface area contributed by atoms with Crippen LogP contribution in [0.25, 0.3) is 0 Å². The van der Waals surface area contributed by atoms with Crippen LogP contribution in [0.3, 0.4) is 0 Å². The van der Waals surface area contributed by atoms with E-state index in [2.05, 4.69) is 0 Å². The fourth-order valence-electron chi connectivity index (χ4n) is 0.844. The number of hydrogen-bond acceptors (Lipinski definition) is 3. The monoisotopic (exact) mass is 187 g/mol. The van der Waals surface area contributed by atoms with E-state index in [1.54, 1.807) is 0 Å². The van der Waals surface area contributed by atoms with Crippen molar-refractivity contribution in [1.82, 2.24) is 0 Å². The first kappa shape index (κ1) is 8.93. The van der Waals surface area contributed by atoms with Crippen molar-refractivity contribution in [2.45, 2.75) is 11.4 Å². The maximum atomic E-state index is 10.4. The van der Waals surface area contributed by atoms with Crippen LogP contribution in [-0.2, 0) is 4.79 Å². The molecule has 1 unspecified atom stereocenters. The normalized spacial score (nSPS) is 27.9. The number of alkyl halides is 1. The van der Waals surface area contributed by atoms with Gasteiger partial charge in [-0.1, -0.05) is 6.08 Å². The maximum absolute atomic E-state index is 10.4. The third kappa shape index (κ3) is 1.53. The van der Waals surface area contributed by atoms with Crippen LogP contribution in [0.1, 0.15) is 6.42 Å². The number of halogens is 1. The Labute approximate surface area is 73.7 Å². The molecule has 4 nitrogen and oxygen atoms in total. The molecule has 0 fully saturated rings. The van der Waals surface area contributed by atoms with E-state index in [4.69, 9.17) is 11.6 Å². The van der Waals surface area contributed by atoms with Crippen LogP contribution in [0.15, 0.2) is 23.8 Å². The van der Waals surface area contributed by atoms with Gasteiger partial charge < -0.3 is 0 Å². The lowest BCUT2D eigenvalue weighted by molar-refractivity contribution is -0.527. The minimum Gasteiger partial charge on any atom is -0.298 e. The Bertz CT molecular complexity index is 284. The minimum atomic E-state index is -1.56. The van der Waals surface area contributed by atoms with Gasteiger partial charge in [0.15, 0.2) is 0 Å². The standard InChI is InChI=1S/C7H6ClNO3/c8-7(9(11)12)3-1-6(5-10)2-4-7/h1-3,5H,4H2. The van der Waals surface area contributed by atoms with Crippen LogP contribution < -0.4 is 0 Å². The number of nitro groups is 1. The van der Waals surface area contributed by atoms with Crippen LogP contribution in [0.5, 0.6) is 0 Å². The summed E-state index contributed by atoms with van der Waals surface area (Å²) in [7, 11) is 0. The fourth-order valence-corrected chi connectivity index (χ4v) is 0.984. The van der Waals surface area contributed by atoms with Crippen molar-refractivity contribution in [1.29, 1.82) is 0 Å². The van der Waals surface area contributed by atoms with E-state index in [-0.39, 0.29) is 6.42 Å². The van der Waals surface area contributed by atoms with Gasteiger partial charge in [-0.25, -0.2) is 0 Å². The Kier molecular flexibility index (Phi) is 2.28. The summed E-state index contributed by atoms with van der Waals surface area (Å²) in [5.74, 6) is 0. The summed E-state index contributed by atoms with van der Waals surface area (Å²) < 4.78 is 0. The van der Waals surface area contributed by atoms with Gasteiger partial charge in [0.25, 0.3) is 0 Å². The van der Waals surface area contributed by atoms with E-state index in [9.17, 15) is 14.9 Å². The Morgan fingerprint density at radius 1 is 1.75 bits per heavy atom. The molecule has 1 rings (SSSR count).